The quantitative estimate of drug-likeness (QED) is 0.802. The average Bonchev–Trinajstić information content (AvgIpc) is 2.75. The SMILES string of the molecule is CC(C)C(CNC1C[C@H](C)Sc2sccc21)C(C)C. The van der Waals surface area contributed by atoms with Crippen LogP contribution >= 0.6 is 23.1 Å². The highest BCUT2D eigenvalue weighted by Crippen LogP contribution is 2.43. The second-order valence-corrected chi connectivity index (χ2v) is 9.06. The van der Waals surface area contributed by atoms with Crippen LogP contribution in [-0.4, -0.2) is 11.8 Å². The van der Waals surface area contributed by atoms with E-state index in [2.05, 4.69) is 51.4 Å². The molecule has 2 rings (SSSR count). The van der Waals surface area contributed by atoms with E-state index in [0.29, 0.717) is 6.04 Å². The molecular formula is C16H27NS2. The van der Waals surface area contributed by atoms with Crippen molar-refractivity contribution in [3.05, 3.63) is 17.0 Å². The van der Waals surface area contributed by atoms with Gasteiger partial charge in [0.05, 0.1) is 4.21 Å². The van der Waals surface area contributed by atoms with Gasteiger partial charge in [0.15, 0.2) is 0 Å². The summed E-state index contributed by atoms with van der Waals surface area (Å²) in [5, 5.41) is 6.83. The lowest BCUT2D eigenvalue weighted by molar-refractivity contribution is 0.262. The second-order valence-electron chi connectivity index (χ2n) is 6.44. The highest BCUT2D eigenvalue weighted by atomic mass is 32.2. The minimum atomic E-state index is 0.567. The fourth-order valence-electron chi connectivity index (χ4n) is 3.06. The molecule has 19 heavy (non-hydrogen) atoms. The Morgan fingerprint density at radius 1 is 1.26 bits per heavy atom. The molecule has 1 aromatic rings. The third-order valence-corrected chi connectivity index (χ3v) is 6.57. The van der Waals surface area contributed by atoms with Gasteiger partial charge in [-0.25, -0.2) is 0 Å². The first-order chi connectivity index (χ1) is 8.99. The van der Waals surface area contributed by atoms with Gasteiger partial charge in [0.2, 0.25) is 0 Å². The van der Waals surface area contributed by atoms with Gasteiger partial charge in [0.1, 0.15) is 0 Å². The first-order valence-electron chi connectivity index (χ1n) is 7.46. The average molecular weight is 298 g/mol. The molecule has 2 atom stereocenters. The molecule has 2 heterocycles. The zero-order valence-electron chi connectivity index (χ0n) is 12.8. The minimum Gasteiger partial charge on any atom is -0.310 e. The number of hydrogen-bond acceptors (Lipinski definition) is 3. The van der Waals surface area contributed by atoms with Crippen LogP contribution in [0.3, 0.4) is 0 Å². The number of nitrogens with one attached hydrogen (secondary N) is 1. The van der Waals surface area contributed by atoms with Crippen molar-refractivity contribution in [2.45, 2.75) is 56.5 Å². The Morgan fingerprint density at radius 3 is 2.58 bits per heavy atom. The fourth-order valence-corrected chi connectivity index (χ4v) is 5.63. The lowest BCUT2D eigenvalue weighted by atomic mass is 9.85. The van der Waals surface area contributed by atoms with Crippen LogP contribution < -0.4 is 5.32 Å². The largest absolute Gasteiger partial charge is 0.310 e. The van der Waals surface area contributed by atoms with Crippen molar-refractivity contribution in [3.63, 3.8) is 0 Å². The molecule has 0 fully saturated rings. The normalized spacial score (nSPS) is 23.4. The maximum atomic E-state index is 3.85. The van der Waals surface area contributed by atoms with Crippen LogP contribution in [0.4, 0.5) is 0 Å². The summed E-state index contributed by atoms with van der Waals surface area (Å²) in [7, 11) is 0. The van der Waals surface area contributed by atoms with Crippen LogP contribution in [-0.2, 0) is 0 Å². The number of thioether (sulfide) groups is 1. The molecule has 1 aromatic heterocycles. The monoisotopic (exact) mass is 297 g/mol. The Morgan fingerprint density at radius 2 is 1.95 bits per heavy atom. The van der Waals surface area contributed by atoms with Gasteiger partial charge in [-0.15, -0.1) is 23.1 Å². The maximum Gasteiger partial charge on any atom is 0.0649 e. The molecule has 0 aliphatic carbocycles. The fraction of sp³-hybridized carbons (Fsp3) is 0.750. The number of fused-ring (bicyclic) bond motifs is 1. The van der Waals surface area contributed by atoms with Crippen molar-refractivity contribution in [2.75, 3.05) is 6.54 Å². The van der Waals surface area contributed by atoms with E-state index in [4.69, 9.17) is 0 Å². The van der Waals surface area contributed by atoms with Crippen LogP contribution in [0.1, 0.15) is 52.6 Å². The molecule has 3 heteroatoms. The summed E-state index contributed by atoms with van der Waals surface area (Å²) < 4.78 is 1.53. The van der Waals surface area contributed by atoms with Gasteiger partial charge >= 0.3 is 0 Å². The van der Waals surface area contributed by atoms with Crippen molar-refractivity contribution in [1.29, 1.82) is 0 Å². The maximum absolute atomic E-state index is 3.85. The van der Waals surface area contributed by atoms with E-state index in [9.17, 15) is 0 Å². The van der Waals surface area contributed by atoms with Crippen LogP contribution in [0, 0.1) is 17.8 Å². The van der Waals surface area contributed by atoms with Gasteiger partial charge < -0.3 is 5.32 Å². The van der Waals surface area contributed by atoms with Crippen molar-refractivity contribution in [1.82, 2.24) is 5.32 Å². The predicted molar refractivity (Wildman–Crippen MR) is 88.2 cm³/mol. The van der Waals surface area contributed by atoms with E-state index in [1.165, 1.54) is 10.6 Å². The molecule has 0 bridgehead atoms. The predicted octanol–water partition coefficient (Wildman–Crippen LogP) is 5.19. The molecule has 0 radical (unpaired) electrons. The minimum absolute atomic E-state index is 0.567. The topological polar surface area (TPSA) is 12.0 Å². The standard InChI is InChI=1S/C16H27NS2/c1-10(2)14(11(3)4)9-17-15-8-12(5)19-16-13(15)6-7-18-16/h6-7,10-12,14-15,17H,8-9H2,1-5H3/t12-,15?/m0/s1. The van der Waals surface area contributed by atoms with E-state index in [0.717, 1.165) is 29.5 Å². The molecule has 0 saturated heterocycles. The Bertz CT molecular complexity index is 389. The lowest BCUT2D eigenvalue weighted by Gasteiger charge is -2.31. The molecule has 0 amide bonds. The number of hydrogen-bond donors (Lipinski definition) is 1. The van der Waals surface area contributed by atoms with Crippen LogP contribution in [0.25, 0.3) is 0 Å². The Balaban J connectivity index is 2.00. The first kappa shape index (κ1) is 15.4. The van der Waals surface area contributed by atoms with Gasteiger partial charge in [-0.1, -0.05) is 34.6 Å². The Hall–Kier alpha value is 0.0100. The molecule has 0 aromatic carbocycles. The van der Waals surface area contributed by atoms with Crippen molar-refractivity contribution in [3.8, 4) is 0 Å². The third-order valence-electron chi connectivity index (χ3n) is 4.22. The molecule has 1 N–H and O–H groups in total. The molecule has 1 aliphatic rings. The van der Waals surface area contributed by atoms with E-state index >= 15 is 0 Å². The van der Waals surface area contributed by atoms with Gasteiger partial charge in [-0.05, 0) is 47.7 Å². The molecular weight excluding hydrogens is 270 g/mol. The van der Waals surface area contributed by atoms with E-state index in [1.807, 2.05) is 23.1 Å². The zero-order chi connectivity index (χ0) is 14.0. The van der Waals surface area contributed by atoms with Crippen LogP contribution in [0.15, 0.2) is 15.7 Å². The van der Waals surface area contributed by atoms with Crippen molar-refractivity contribution < 1.29 is 0 Å². The van der Waals surface area contributed by atoms with Gasteiger partial charge in [0.25, 0.3) is 0 Å². The number of rotatable bonds is 5. The van der Waals surface area contributed by atoms with Gasteiger partial charge in [-0.3, -0.25) is 0 Å². The van der Waals surface area contributed by atoms with Gasteiger partial charge in [-0.2, -0.15) is 0 Å². The van der Waals surface area contributed by atoms with Crippen molar-refractivity contribution in [2.24, 2.45) is 17.8 Å². The van der Waals surface area contributed by atoms with Gasteiger partial charge in [0, 0.05) is 11.3 Å². The summed E-state index contributed by atoms with van der Waals surface area (Å²) >= 11 is 3.95. The summed E-state index contributed by atoms with van der Waals surface area (Å²) in [6.45, 7) is 12.9. The summed E-state index contributed by atoms with van der Waals surface area (Å²) in [5.74, 6) is 2.28. The van der Waals surface area contributed by atoms with E-state index in [-0.39, 0.29) is 0 Å². The third kappa shape index (κ3) is 3.77. The summed E-state index contributed by atoms with van der Waals surface area (Å²) in [6, 6.07) is 2.88. The molecule has 1 aliphatic heterocycles. The smallest absolute Gasteiger partial charge is 0.0649 e. The summed E-state index contributed by atoms with van der Waals surface area (Å²) in [6.07, 6.45) is 1.26. The first-order valence-corrected chi connectivity index (χ1v) is 9.22. The lowest BCUT2D eigenvalue weighted by Crippen LogP contribution is -2.34. The molecule has 1 nitrogen and oxygen atoms in total. The van der Waals surface area contributed by atoms with Crippen LogP contribution in [0.2, 0.25) is 0 Å². The molecule has 108 valence electrons. The zero-order valence-corrected chi connectivity index (χ0v) is 14.4. The second kappa shape index (κ2) is 6.64. The highest BCUT2D eigenvalue weighted by molar-refractivity contribution is 8.01. The highest BCUT2D eigenvalue weighted by Gasteiger charge is 2.27. The summed E-state index contributed by atoms with van der Waals surface area (Å²) in [5.41, 5.74) is 1.54. The summed E-state index contributed by atoms with van der Waals surface area (Å²) in [4.78, 5) is 0. The Labute approximate surface area is 126 Å². The van der Waals surface area contributed by atoms with Crippen LogP contribution in [0.5, 0.6) is 0 Å². The molecule has 0 spiro atoms. The van der Waals surface area contributed by atoms with Crippen molar-refractivity contribution >= 4 is 23.1 Å². The Kier molecular flexibility index (Phi) is 5.38. The van der Waals surface area contributed by atoms with E-state index in [1.54, 1.807) is 5.56 Å². The van der Waals surface area contributed by atoms with E-state index < -0.39 is 0 Å². The molecule has 1 unspecified atom stereocenters. The number of thiophene rings is 1. The molecule has 0 saturated carbocycles.